The molecule has 114 valence electrons. The van der Waals surface area contributed by atoms with E-state index in [-0.39, 0.29) is 6.54 Å². The molecule has 1 unspecified atom stereocenters. The molecule has 0 radical (unpaired) electrons. The number of halogens is 1. The van der Waals surface area contributed by atoms with Gasteiger partial charge in [-0.1, -0.05) is 13.0 Å². The zero-order valence-electron chi connectivity index (χ0n) is 11.3. The predicted molar refractivity (Wildman–Crippen MR) is 72.3 cm³/mol. The quantitative estimate of drug-likeness (QED) is 0.741. The Hall–Kier alpha value is -1.98. The van der Waals surface area contributed by atoms with Crippen LogP contribution in [0.5, 0.6) is 0 Å². The molecule has 0 amide bonds. The summed E-state index contributed by atoms with van der Waals surface area (Å²) in [5.41, 5.74) is -0.538. The molecule has 0 aliphatic rings. The van der Waals surface area contributed by atoms with E-state index in [1.807, 2.05) is 0 Å². The van der Waals surface area contributed by atoms with Crippen molar-refractivity contribution in [2.45, 2.75) is 24.7 Å². The van der Waals surface area contributed by atoms with E-state index in [1.54, 1.807) is 0 Å². The molecule has 0 heterocycles. The second-order valence-electron chi connectivity index (χ2n) is 4.50. The summed E-state index contributed by atoms with van der Waals surface area (Å²) in [6.07, 6.45) is 0.635. The molecule has 0 aliphatic heterocycles. The van der Waals surface area contributed by atoms with Crippen LogP contribution in [0.25, 0.3) is 0 Å². The van der Waals surface area contributed by atoms with Gasteiger partial charge < -0.3 is 5.11 Å². The number of nitrogens with zero attached hydrogens (tertiary/aromatic N) is 1. The van der Waals surface area contributed by atoms with Crippen molar-refractivity contribution in [1.82, 2.24) is 4.72 Å². The van der Waals surface area contributed by atoms with Crippen LogP contribution in [0.4, 0.5) is 4.39 Å². The average molecular weight is 314 g/mol. The van der Waals surface area contributed by atoms with Gasteiger partial charge in [0.15, 0.2) is 0 Å². The maximum atomic E-state index is 13.4. The maximum Gasteiger partial charge on any atom is 0.306 e. The summed E-state index contributed by atoms with van der Waals surface area (Å²) in [7, 11) is -4.00. The van der Waals surface area contributed by atoms with E-state index in [2.05, 4.69) is 4.72 Å². The smallest absolute Gasteiger partial charge is 0.306 e. The van der Waals surface area contributed by atoms with Gasteiger partial charge in [0.25, 0.3) is 0 Å². The molecule has 0 aliphatic carbocycles. The number of aliphatic carboxylic acids is 1. The molecule has 1 aromatic rings. The fraction of sp³-hybridized carbons (Fsp3) is 0.385. The predicted octanol–water partition coefficient (Wildman–Crippen LogP) is 1.48. The molecule has 1 rings (SSSR count). The van der Waals surface area contributed by atoms with Crippen molar-refractivity contribution in [1.29, 1.82) is 5.26 Å². The number of benzene rings is 1. The zero-order chi connectivity index (χ0) is 16.0. The Kier molecular flexibility index (Phi) is 5.81. The van der Waals surface area contributed by atoms with Crippen molar-refractivity contribution in [3.63, 3.8) is 0 Å². The molecule has 0 fully saturated rings. The van der Waals surface area contributed by atoms with Crippen molar-refractivity contribution in [3.8, 4) is 6.07 Å². The van der Waals surface area contributed by atoms with Crippen molar-refractivity contribution in [2.24, 2.45) is 5.92 Å². The summed E-state index contributed by atoms with van der Waals surface area (Å²) in [5.74, 6) is -2.42. The molecule has 0 aromatic heterocycles. The number of sulfonamides is 1. The first-order chi connectivity index (χ1) is 9.79. The van der Waals surface area contributed by atoms with Crippen molar-refractivity contribution < 1.29 is 22.7 Å². The number of carboxylic acids is 1. The number of carboxylic acid groups (broad SMARTS) is 1. The standard InChI is InChI=1S/C13H15FN2O4S/c1-9(13(17)18)4-3-7-16-21(19,20)12-6-2-5-11(14)10(12)8-15/h2,5-6,9,16H,3-4,7H2,1H3,(H,17,18). The Morgan fingerprint density at radius 2 is 2.19 bits per heavy atom. The largest absolute Gasteiger partial charge is 0.481 e. The molecule has 1 atom stereocenters. The minimum absolute atomic E-state index is 0.0152. The SMILES string of the molecule is CC(CCCNS(=O)(=O)c1cccc(F)c1C#N)C(=O)O. The highest BCUT2D eigenvalue weighted by Crippen LogP contribution is 2.17. The van der Waals surface area contributed by atoms with Gasteiger partial charge in [0, 0.05) is 6.54 Å². The van der Waals surface area contributed by atoms with Gasteiger partial charge in [-0.2, -0.15) is 5.26 Å². The third-order valence-corrected chi connectivity index (χ3v) is 4.41. The molecule has 0 bridgehead atoms. The topological polar surface area (TPSA) is 107 Å². The number of nitrogens with one attached hydrogen (secondary N) is 1. The third-order valence-electron chi connectivity index (χ3n) is 2.90. The molecule has 6 nitrogen and oxygen atoms in total. The maximum absolute atomic E-state index is 13.4. The van der Waals surface area contributed by atoms with Crippen molar-refractivity contribution in [3.05, 3.63) is 29.6 Å². The van der Waals surface area contributed by atoms with Crippen molar-refractivity contribution in [2.75, 3.05) is 6.54 Å². The number of rotatable bonds is 7. The van der Waals surface area contributed by atoms with Crippen LogP contribution in [0.1, 0.15) is 25.3 Å². The second kappa shape index (κ2) is 7.15. The lowest BCUT2D eigenvalue weighted by Crippen LogP contribution is -2.26. The molecule has 0 saturated heterocycles. The fourth-order valence-corrected chi connectivity index (χ4v) is 2.89. The van der Waals surface area contributed by atoms with Crippen LogP contribution in [-0.2, 0) is 14.8 Å². The average Bonchev–Trinajstić information content (AvgIpc) is 2.42. The highest BCUT2D eigenvalue weighted by Gasteiger charge is 2.21. The lowest BCUT2D eigenvalue weighted by atomic mass is 10.1. The van der Waals surface area contributed by atoms with Crippen LogP contribution >= 0.6 is 0 Å². The first-order valence-corrected chi connectivity index (χ1v) is 7.69. The van der Waals surface area contributed by atoms with Gasteiger partial charge in [-0.05, 0) is 25.0 Å². The number of hydrogen-bond donors (Lipinski definition) is 2. The van der Waals surface area contributed by atoms with Crippen LogP contribution in [0.15, 0.2) is 23.1 Å². The minimum Gasteiger partial charge on any atom is -0.481 e. The minimum atomic E-state index is -4.00. The lowest BCUT2D eigenvalue weighted by Gasteiger charge is -2.09. The van der Waals surface area contributed by atoms with Crippen LogP contribution < -0.4 is 4.72 Å². The zero-order valence-corrected chi connectivity index (χ0v) is 12.2. The van der Waals surface area contributed by atoms with E-state index in [0.717, 1.165) is 12.1 Å². The summed E-state index contributed by atoms with van der Waals surface area (Å²) >= 11 is 0. The van der Waals surface area contributed by atoms with E-state index < -0.39 is 38.2 Å². The summed E-state index contributed by atoms with van der Waals surface area (Å²) < 4.78 is 39.6. The Bertz CT molecular complexity index is 667. The third kappa shape index (κ3) is 4.51. The molecule has 8 heteroatoms. The molecule has 0 saturated carbocycles. The number of hydrogen-bond acceptors (Lipinski definition) is 4. The van der Waals surface area contributed by atoms with Gasteiger partial charge in [0.2, 0.25) is 10.0 Å². The van der Waals surface area contributed by atoms with E-state index in [0.29, 0.717) is 12.8 Å². The molecule has 21 heavy (non-hydrogen) atoms. The molecule has 2 N–H and O–H groups in total. The van der Waals surface area contributed by atoms with Gasteiger partial charge >= 0.3 is 5.97 Å². The molecule has 1 aromatic carbocycles. The number of nitriles is 1. The van der Waals surface area contributed by atoms with Crippen LogP contribution in [0.2, 0.25) is 0 Å². The summed E-state index contributed by atoms with van der Waals surface area (Å²) in [6.45, 7) is 1.54. The fourth-order valence-electron chi connectivity index (χ4n) is 1.65. The molecule has 0 spiro atoms. The van der Waals surface area contributed by atoms with Gasteiger partial charge in [0.05, 0.1) is 5.92 Å². The lowest BCUT2D eigenvalue weighted by molar-refractivity contribution is -0.141. The highest BCUT2D eigenvalue weighted by molar-refractivity contribution is 7.89. The van der Waals surface area contributed by atoms with E-state index in [1.165, 1.54) is 19.1 Å². The highest BCUT2D eigenvalue weighted by atomic mass is 32.2. The molecular formula is C13H15FN2O4S. The monoisotopic (exact) mass is 314 g/mol. The van der Waals surface area contributed by atoms with E-state index in [9.17, 15) is 17.6 Å². The first kappa shape index (κ1) is 17.1. The van der Waals surface area contributed by atoms with Crippen LogP contribution in [0.3, 0.4) is 0 Å². The Morgan fingerprint density at radius 1 is 1.52 bits per heavy atom. The van der Waals surface area contributed by atoms with E-state index >= 15 is 0 Å². The first-order valence-electron chi connectivity index (χ1n) is 6.20. The van der Waals surface area contributed by atoms with E-state index in [4.69, 9.17) is 10.4 Å². The van der Waals surface area contributed by atoms with Gasteiger partial charge in [0.1, 0.15) is 22.3 Å². The summed E-state index contributed by atoms with van der Waals surface area (Å²) in [4.78, 5) is 10.2. The van der Waals surface area contributed by atoms with Crippen LogP contribution in [0, 0.1) is 23.1 Å². The Balaban J connectivity index is 2.74. The normalized spacial score (nSPS) is 12.6. The van der Waals surface area contributed by atoms with Gasteiger partial charge in [-0.25, -0.2) is 17.5 Å². The number of carbonyl (C=O) groups is 1. The van der Waals surface area contributed by atoms with Gasteiger partial charge in [-0.15, -0.1) is 0 Å². The second-order valence-corrected chi connectivity index (χ2v) is 6.24. The van der Waals surface area contributed by atoms with Crippen LogP contribution in [-0.4, -0.2) is 26.0 Å². The Labute approximate surface area is 122 Å². The van der Waals surface area contributed by atoms with Crippen molar-refractivity contribution >= 4 is 16.0 Å². The summed E-state index contributed by atoms with van der Waals surface area (Å²) in [6, 6.07) is 4.88. The van der Waals surface area contributed by atoms with Gasteiger partial charge in [-0.3, -0.25) is 4.79 Å². The summed E-state index contributed by atoms with van der Waals surface area (Å²) in [5, 5.41) is 17.5. The molecular weight excluding hydrogens is 299 g/mol. The Morgan fingerprint density at radius 3 is 2.76 bits per heavy atom.